The Bertz CT molecular complexity index is 827. The van der Waals surface area contributed by atoms with Crippen LogP contribution in [0.1, 0.15) is 16.6 Å². The molecule has 1 aliphatic rings. The van der Waals surface area contributed by atoms with Gasteiger partial charge in [-0.25, -0.2) is 4.98 Å². The van der Waals surface area contributed by atoms with Crippen molar-refractivity contribution in [3.63, 3.8) is 0 Å². The van der Waals surface area contributed by atoms with Crippen LogP contribution in [0.5, 0.6) is 0 Å². The van der Waals surface area contributed by atoms with Gasteiger partial charge in [-0.05, 0) is 31.2 Å². The summed E-state index contributed by atoms with van der Waals surface area (Å²) in [5.41, 5.74) is 1.02. The number of hydrogen-bond acceptors (Lipinski definition) is 5. The molecule has 1 saturated heterocycles. The Morgan fingerprint density at radius 3 is 2.88 bits per heavy atom. The van der Waals surface area contributed by atoms with Gasteiger partial charge in [-0.3, -0.25) is 4.79 Å². The molecule has 0 saturated carbocycles. The second-order valence-electron chi connectivity index (χ2n) is 5.70. The lowest BCUT2D eigenvalue weighted by atomic mass is 10.2. The number of amides is 1. The molecular weight excluding hydrogens is 362 g/mol. The van der Waals surface area contributed by atoms with Crippen molar-refractivity contribution in [3.8, 4) is 9.88 Å². The Kier molecular flexibility index (Phi) is 5.20. The molecule has 0 bridgehead atoms. The standard InChI is InChI=1S/C17H17N3OS2.ClH/c1-11-10-18-8-9-20(11)17(21)15-7-6-14(22-15)16-19-12-4-2-3-5-13(12)23-16;/h2-7,11,18H,8-10H2,1H3;1H/t11-;/m1./s1. The van der Waals surface area contributed by atoms with Crippen molar-refractivity contribution >= 4 is 51.2 Å². The van der Waals surface area contributed by atoms with Crippen LogP contribution in [0.15, 0.2) is 36.4 Å². The summed E-state index contributed by atoms with van der Waals surface area (Å²) in [7, 11) is 0. The third kappa shape index (κ3) is 3.19. The number of rotatable bonds is 2. The highest BCUT2D eigenvalue weighted by atomic mass is 35.5. The monoisotopic (exact) mass is 379 g/mol. The number of carbonyl (C=O) groups is 1. The highest BCUT2D eigenvalue weighted by Gasteiger charge is 2.25. The van der Waals surface area contributed by atoms with Gasteiger partial charge in [-0.1, -0.05) is 12.1 Å². The zero-order valence-electron chi connectivity index (χ0n) is 13.2. The first-order valence-electron chi connectivity index (χ1n) is 7.70. The van der Waals surface area contributed by atoms with Gasteiger partial charge in [0.15, 0.2) is 0 Å². The van der Waals surface area contributed by atoms with E-state index < -0.39 is 0 Å². The van der Waals surface area contributed by atoms with E-state index in [0.717, 1.165) is 39.9 Å². The molecule has 4 nitrogen and oxygen atoms in total. The van der Waals surface area contributed by atoms with Crippen molar-refractivity contribution in [2.24, 2.45) is 0 Å². The summed E-state index contributed by atoms with van der Waals surface area (Å²) in [6, 6.07) is 12.3. The SMILES string of the molecule is C[C@@H]1CNCCN1C(=O)c1ccc(-c2nc3ccccc3s2)s1.Cl. The van der Waals surface area contributed by atoms with Crippen molar-refractivity contribution in [2.45, 2.75) is 13.0 Å². The molecule has 0 spiro atoms. The number of aromatic nitrogens is 1. The Balaban J connectivity index is 0.00000169. The van der Waals surface area contributed by atoms with Crippen LogP contribution in [0, 0.1) is 0 Å². The molecule has 1 atom stereocenters. The van der Waals surface area contributed by atoms with Crippen LogP contribution in [0.25, 0.3) is 20.1 Å². The number of nitrogens with one attached hydrogen (secondary N) is 1. The van der Waals surface area contributed by atoms with E-state index in [1.807, 2.05) is 35.2 Å². The maximum absolute atomic E-state index is 12.7. The maximum atomic E-state index is 12.7. The van der Waals surface area contributed by atoms with E-state index in [4.69, 9.17) is 0 Å². The van der Waals surface area contributed by atoms with E-state index in [1.165, 1.54) is 4.70 Å². The first-order valence-corrected chi connectivity index (χ1v) is 9.33. The van der Waals surface area contributed by atoms with Crippen molar-refractivity contribution in [3.05, 3.63) is 41.3 Å². The van der Waals surface area contributed by atoms with E-state index in [-0.39, 0.29) is 24.4 Å². The Morgan fingerprint density at radius 1 is 1.25 bits per heavy atom. The average Bonchev–Trinajstić information content (AvgIpc) is 3.21. The summed E-state index contributed by atoms with van der Waals surface area (Å²) < 4.78 is 1.18. The summed E-state index contributed by atoms with van der Waals surface area (Å²) in [5, 5.41) is 4.31. The summed E-state index contributed by atoms with van der Waals surface area (Å²) in [6.45, 7) is 4.59. The van der Waals surface area contributed by atoms with Gasteiger partial charge >= 0.3 is 0 Å². The molecule has 3 heterocycles. The Labute approximate surface area is 154 Å². The van der Waals surface area contributed by atoms with Gasteiger partial charge in [0.25, 0.3) is 5.91 Å². The first kappa shape index (κ1) is 17.4. The number of thiazole rings is 1. The lowest BCUT2D eigenvalue weighted by Gasteiger charge is -2.33. The molecule has 7 heteroatoms. The molecule has 1 aliphatic heterocycles. The predicted molar refractivity (Wildman–Crippen MR) is 104 cm³/mol. The van der Waals surface area contributed by atoms with E-state index in [2.05, 4.69) is 23.3 Å². The molecule has 4 rings (SSSR count). The number of nitrogens with zero attached hydrogens (tertiary/aromatic N) is 2. The van der Waals surface area contributed by atoms with Gasteiger partial charge in [0.1, 0.15) is 5.01 Å². The number of benzene rings is 1. The normalized spacial score (nSPS) is 17.7. The summed E-state index contributed by atoms with van der Waals surface area (Å²) in [4.78, 5) is 21.2. The minimum atomic E-state index is 0. The smallest absolute Gasteiger partial charge is 0.264 e. The largest absolute Gasteiger partial charge is 0.333 e. The van der Waals surface area contributed by atoms with Gasteiger partial charge < -0.3 is 10.2 Å². The predicted octanol–water partition coefficient (Wildman–Crippen LogP) is 3.88. The highest BCUT2D eigenvalue weighted by molar-refractivity contribution is 7.26. The molecule has 24 heavy (non-hydrogen) atoms. The third-order valence-electron chi connectivity index (χ3n) is 4.08. The quantitative estimate of drug-likeness (QED) is 0.734. The number of piperazine rings is 1. The fraction of sp³-hybridized carbons (Fsp3) is 0.294. The lowest BCUT2D eigenvalue weighted by molar-refractivity contribution is 0.0661. The lowest BCUT2D eigenvalue weighted by Crippen LogP contribution is -2.52. The topological polar surface area (TPSA) is 45.2 Å². The van der Waals surface area contributed by atoms with Gasteiger partial charge in [0.2, 0.25) is 0 Å². The highest BCUT2D eigenvalue weighted by Crippen LogP contribution is 2.34. The van der Waals surface area contributed by atoms with E-state index in [1.54, 1.807) is 22.7 Å². The molecule has 1 N–H and O–H groups in total. The molecule has 1 aromatic carbocycles. The van der Waals surface area contributed by atoms with E-state index in [9.17, 15) is 4.79 Å². The van der Waals surface area contributed by atoms with Crippen LogP contribution >= 0.6 is 35.1 Å². The van der Waals surface area contributed by atoms with Gasteiger partial charge in [0, 0.05) is 25.7 Å². The van der Waals surface area contributed by atoms with Crippen molar-refractivity contribution in [1.29, 1.82) is 0 Å². The van der Waals surface area contributed by atoms with Crippen LogP contribution in [-0.4, -0.2) is 41.5 Å². The molecule has 1 amide bonds. The number of halogens is 1. The summed E-state index contributed by atoms with van der Waals surface area (Å²) >= 11 is 3.22. The van der Waals surface area contributed by atoms with Crippen LogP contribution in [-0.2, 0) is 0 Å². The summed E-state index contributed by atoms with van der Waals surface area (Å²) in [6.07, 6.45) is 0. The minimum Gasteiger partial charge on any atom is -0.333 e. The number of hydrogen-bond donors (Lipinski definition) is 1. The molecule has 1 fully saturated rings. The van der Waals surface area contributed by atoms with Crippen molar-refractivity contribution in [2.75, 3.05) is 19.6 Å². The third-order valence-corrected chi connectivity index (χ3v) is 6.36. The molecule has 2 aromatic heterocycles. The Hall–Kier alpha value is -1.47. The molecule has 0 unspecified atom stereocenters. The van der Waals surface area contributed by atoms with Crippen molar-refractivity contribution < 1.29 is 4.79 Å². The maximum Gasteiger partial charge on any atom is 0.264 e. The van der Waals surface area contributed by atoms with Crippen molar-refractivity contribution in [1.82, 2.24) is 15.2 Å². The van der Waals surface area contributed by atoms with E-state index >= 15 is 0 Å². The number of para-hydroxylation sites is 1. The van der Waals surface area contributed by atoms with Crippen LogP contribution in [0.2, 0.25) is 0 Å². The second-order valence-corrected chi connectivity index (χ2v) is 7.82. The number of thiophene rings is 1. The average molecular weight is 380 g/mol. The molecule has 0 radical (unpaired) electrons. The number of carbonyl (C=O) groups excluding carboxylic acids is 1. The van der Waals surface area contributed by atoms with Crippen LogP contribution < -0.4 is 5.32 Å². The first-order chi connectivity index (χ1) is 11.2. The van der Waals surface area contributed by atoms with Gasteiger partial charge in [-0.15, -0.1) is 35.1 Å². The fourth-order valence-corrected chi connectivity index (χ4v) is 4.81. The molecule has 0 aliphatic carbocycles. The molecule has 126 valence electrons. The zero-order chi connectivity index (χ0) is 15.8. The fourth-order valence-electron chi connectivity index (χ4n) is 2.83. The number of fused-ring (bicyclic) bond motifs is 1. The van der Waals surface area contributed by atoms with Crippen LogP contribution in [0.4, 0.5) is 0 Å². The second kappa shape index (κ2) is 7.19. The minimum absolute atomic E-state index is 0. The van der Waals surface area contributed by atoms with Gasteiger partial charge in [0.05, 0.1) is 20.0 Å². The van der Waals surface area contributed by atoms with Crippen LogP contribution in [0.3, 0.4) is 0 Å². The Morgan fingerprint density at radius 2 is 2.08 bits per heavy atom. The van der Waals surface area contributed by atoms with E-state index in [0.29, 0.717) is 0 Å². The van der Waals surface area contributed by atoms with Gasteiger partial charge in [-0.2, -0.15) is 0 Å². The molecular formula is C17H18ClN3OS2. The zero-order valence-corrected chi connectivity index (χ0v) is 15.6. The molecule has 3 aromatic rings. The summed E-state index contributed by atoms with van der Waals surface area (Å²) in [5.74, 6) is 0.136.